The number of hydrogen-bond donors (Lipinski definition) is 2. The predicted molar refractivity (Wildman–Crippen MR) is 100 cm³/mol. The highest BCUT2D eigenvalue weighted by molar-refractivity contribution is 7.80. The van der Waals surface area contributed by atoms with Gasteiger partial charge in [-0.15, -0.1) is 11.3 Å². The number of phenols is 1. The molecule has 0 spiro atoms. The minimum absolute atomic E-state index is 0.0221. The van der Waals surface area contributed by atoms with Crippen LogP contribution in [0.25, 0.3) is 0 Å². The second-order valence-corrected chi connectivity index (χ2v) is 6.89. The van der Waals surface area contributed by atoms with Crippen molar-refractivity contribution in [3.8, 4) is 5.75 Å². The lowest BCUT2D eigenvalue weighted by atomic mass is 10.0. The molecule has 1 aliphatic heterocycles. The van der Waals surface area contributed by atoms with Crippen LogP contribution in [0.4, 0.5) is 5.69 Å². The third-order valence-corrected chi connectivity index (χ3v) is 5.32. The lowest BCUT2D eigenvalue weighted by molar-refractivity contribution is 0.475. The average Bonchev–Trinajstić information content (AvgIpc) is 3.24. The molecule has 0 saturated carbocycles. The number of thiophene rings is 1. The van der Waals surface area contributed by atoms with Gasteiger partial charge in [-0.3, -0.25) is 4.98 Å². The summed E-state index contributed by atoms with van der Waals surface area (Å²) in [5.41, 5.74) is 1.90. The van der Waals surface area contributed by atoms with Gasteiger partial charge < -0.3 is 15.3 Å². The molecule has 2 aromatic heterocycles. The van der Waals surface area contributed by atoms with E-state index in [1.807, 2.05) is 36.4 Å². The van der Waals surface area contributed by atoms with Crippen molar-refractivity contribution in [3.05, 3.63) is 76.7 Å². The van der Waals surface area contributed by atoms with Gasteiger partial charge in [0.1, 0.15) is 5.75 Å². The first-order chi connectivity index (χ1) is 11.7. The summed E-state index contributed by atoms with van der Waals surface area (Å²) in [5, 5.41) is 15.7. The van der Waals surface area contributed by atoms with E-state index in [0.717, 1.165) is 11.4 Å². The molecule has 6 heteroatoms. The van der Waals surface area contributed by atoms with E-state index in [1.54, 1.807) is 29.7 Å². The summed E-state index contributed by atoms with van der Waals surface area (Å²) in [7, 11) is 0. The zero-order valence-corrected chi connectivity index (χ0v) is 14.3. The fourth-order valence-electron chi connectivity index (χ4n) is 2.99. The molecule has 24 heavy (non-hydrogen) atoms. The molecule has 120 valence electrons. The second kappa shape index (κ2) is 6.22. The summed E-state index contributed by atoms with van der Waals surface area (Å²) in [6.07, 6.45) is 1.80. The lowest BCUT2D eigenvalue weighted by Gasteiger charge is -2.26. The average molecular weight is 353 g/mol. The van der Waals surface area contributed by atoms with Gasteiger partial charge in [0.25, 0.3) is 0 Å². The van der Waals surface area contributed by atoms with E-state index in [9.17, 15) is 5.11 Å². The third kappa shape index (κ3) is 2.64. The van der Waals surface area contributed by atoms with Crippen LogP contribution in [-0.2, 0) is 0 Å². The highest BCUT2D eigenvalue weighted by Gasteiger charge is 2.41. The Kier molecular flexibility index (Phi) is 3.92. The van der Waals surface area contributed by atoms with Crippen LogP contribution in [0.5, 0.6) is 5.75 Å². The SMILES string of the molecule is Oc1ccc(N2C(=S)N[C@@H](c3ccccn3)[C@H]2c2cccs2)cc1. The van der Waals surface area contributed by atoms with Crippen molar-refractivity contribution < 1.29 is 5.11 Å². The molecule has 0 bridgehead atoms. The third-order valence-electron chi connectivity index (χ3n) is 4.06. The van der Waals surface area contributed by atoms with Crippen LogP contribution in [0, 0.1) is 0 Å². The molecule has 2 atom stereocenters. The maximum atomic E-state index is 9.57. The topological polar surface area (TPSA) is 48.4 Å². The summed E-state index contributed by atoms with van der Waals surface area (Å²) in [5.74, 6) is 0.241. The first kappa shape index (κ1) is 15.1. The number of hydrogen-bond acceptors (Lipinski definition) is 4. The monoisotopic (exact) mass is 353 g/mol. The van der Waals surface area contributed by atoms with Gasteiger partial charge in [0, 0.05) is 16.8 Å². The molecule has 0 unspecified atom stereocenters. The van der Waals surface area contributed by atoms with Gasteiger partial charge in [-0.2, -0.15) is 0 Å². The van der Waals surface area contributed by atoms with Gasteiger partial charge >= 0.3 is 0 Å². The van der Waals surface area contributed by atoms with Crippen LogP contribution in [0.1, 0.15) is 22.7 Å². The molecular formula is C18H15N3OS2. The molecule has 2 N–H and O–H groups in total. The van der Waals surface area contributed by atoms with Crippen LogP contribution in [-0.4, -0.2) is 15.2 Å². The van der Waals surface area contributed by atoms with Crippen molar-refractivity contribution in [1.82, 2.24) is 10.3 Å². The first-order valence-electron chi connectivity index (χ1n) is 7.57. The fourth-order valence-corrected chi connectivity index (χ4v) is 4.19. The summed E-state index contributed by atoms with van der Waals surface area (Å²) >= 11 is 7.32. The van der Waals surface area contributed by atoms with E-state index in [2.05, 4.69) is 26.6 Å². The molecule has 3 aromatic rings. The van der Waals surface area contributed by atoms with Gasteiger partial charge in [0.2, 0.25) is 0 Å². The quantitative estimate of drug-likeness (QED) is 0.696. The molecule has 4 nitrogen and oxygen atoms in total. The molecule has 1 aliphatic rings. The van der Waals surface area contributed by atoms with E-state index >= 15 is 0 Å². The van der Waals surface area contributed by atoms with E-state index < -0.39 is 0 Å². The number of aromatic nitrogens is 1. The van der Waals surface area contributed by atoms with Crippen molar-refractivity contribution in [2.45, 2.75) is 12.1 Å². The normalized spacial score (nSPS) is 20.2. The Bertz CT molecular complexity index is 834. The van der Waals surface area contributed by atoms with Gasteiger partial charge in [0.05, 0.1) is 17.8 Å². The number of thiocarbonyl (C=S) groups is 1. The number of anilines is 1. The molecule has 1 saturated heterocycles. The number of phenolic OH excluding ortho intramolecular Hbond substituents is 1. The maximum Gasteiger partial charge on any atom is 0.174 e. The zero-order valence-electron chi connectivity index (χ0n) is 12.7. The summed E-state index contributed by atoms with van der Waals surface area (Å²) in [6.45, 7) is 0. The molecule has 1 aromatic carbocycles. The van der Waals surface area contributed by atoms with Crippen molar-refractivity contribution in [3.63, 3.8) is 0 Å². The van der Waals surface area contributed by atoms with Crippen molar-refractivity contribution in [2.75, 3.05) is 4.90 Å². The van der Waals surface area contributed by atoms with Crippen molar-refractivity contribution in [1.29, 1.82) is 0 Å². The number of aromatic hydroxyl groups is 1. The molecule has 0 radical (unpaired) electrons. The molecule has 4 rings (SSSR count). The zero-order chi connectivity index (χ0) is 16.5. The largest absolute Gasteiger partial charge is 0.508 e. The first-order valence-corrected chi connectivity index (χ1v) is 8.86. The number of nitrogens with zero attached hydrogens (tertiary/aromatic N) is 2. The van der Waals surface area contributed by atoms with Crippen LogP contribution >= 0.6 is 23.6 Å². The Labute approximate surface area is 149 Å². The van der Waals surface area contributed by atoms with Crippen molar-refractivity contribution >= 4 is 34.4 Å². The van der Waals surface area contributed by atoms with Gasteiger partial charge in [-0.25, -0.2) is 0 Å². The number of rotatable bonds is 3. The Morgan fingerprint density at radius 3 is 2.58 bits per heavy atom. The highest BCUT2D eigenvalue weighted by Crippen LogP contribution is 2.43. The highest BCUT2D eigenvalue weighted by atomic mass is 32.1. The van der Waals surface area contributed by atoms with E-state index in [1.165, 1.54) is 4.88 Å². The second-order valence-electron chi connectivity index (χ2n) is 5.53. The van der Waals surface area contributed by atoms with Crippen LogP contribution in [0.3, 0.4) is 0 Å². The Hall–Kier alpha value is -2.44. The fraction of sp³-hybridized carbons (Fsp3) is 0.111. The summed E-state index contributed by atoms with van der Waals surface area (Å²) in [4.78, 5) is 7.82. The van der Waals surface area contributed by atoms with Crippen molar-refractivity contribution in [2.24, 2.45) is 0 Å². The van der Waals surface area contributed by atoms with Gasteiger partial charge in [-0.1, -0.05) is 12.1 Å². The minimum atomic E-state index is -0.0221. The molecule has 0 amide bonds. The molecular weight excluding hydrogens is 338 g/mol. The standard InChI is InChI=1S/C18H15N3OS2/c22-13-8-6-12(7-9-13)21-17(15-5-3-11-24-15)16(20-18(21)23)14-4-1-2-10-19-14/h1-11,16-17,22H,(H,20,23)/t16-,17+/m0/s1. The Balaban J connectivity index is 1.80. The lowest BCUT2D eigenvalue weighted by Crippen LogP contribution is -2.28. The van der Waals surface area contributed by atoms with Gasteiger partial charge in [-0.05, 0) is 60.1 Å². The maximum absolute atomic E-state index is 9.57. The van der Waals surface area contributed by atoms with E-state index in [-0.39, 0.29) is 17.8 Å². The number of benzene rings is 1. The predicted octanol–water partition coefficient (Wildman–Crippen LogP) is 4.03. The number of pyridine rings is 1. The Morgan fingerprint density at radius 2 is 1.92 bits per heavy atom. The van der Waals surface area contributed by atoms with Gasteiger partial charge in [0.15, 0.2) is 5.11 Å². The molecule has 1 fully saturated rings. The van der Waals surface area contributed by atoms with E-state index in [4.69, 9.17) is 12.2 Å². The minimum Gasteiger partial charge on any atom is -0.508 e. The van der Waals surface area contributed by atoms with Crippen LogP contribution in [0.2, 0.25) is 0 Å². The molecule has 3 heterocycles. The summed E-state index contributed by atoms with van der Waals surface area (Å²) in [6, 6.07) is 17.2. The smallest absolute Gasteiger partial charge is 0.174 e. The summed E-state index contributed by atoms with van der Waals surface area (Å²) < 4.78 is 0. The van der Waals surface area contributed by atoms with E-state index in [0.29, 0.717) is 5.11 Å². The van der Waals surface area contributed by atoms with Crippen LogP contribution in [0.15, 0.2) is 66.2 Å². The number of nitrogens with one attached hydrogen (secondary N) is 1. The molecule has 0 aliphatic carbocycles. The van der Waals surface area contributed by atoms with Crippen LogP contribution < -0.4 is 10.2 Å². The Morgan fingerprint density at radius 1 is 1.08 bits per heavy atom.